The molecule has 0 bridgehead atoms. The number of anilines is 1. The number of nitrogens with zero attached hydrogens (tertiary/aromatic N) is 3. The second-order valence-corrected chi connectivity index (χ2v) is 15.2. The molecular formula is C44H48Cl2N3+. The van der Waals surface area contributed by atoms with Gasteiger partial charge >= 0.3 is 0 Å². The van der Waals surface area contributed by atoms with E-state index in [2.05, 4.69) is 172 Å². The van der Waals surface area contributed by atoms with Crippen molar-refractivity contribution in [1.29, 1.82) is 0 Å². The van der Waals surface area contributed by atoms with E-state index >= 15 is 0 Å². The van der Waals surface area contributed by atoms with Crippen LogP contribution in [0.2, 0.25) is 5.02 Å². The average molecular weight is 690 g/mol. The minimum absolute atomic E-state index is 0.134. The summed E-state index contributed by atoms with van der Waals surface area (Å²) in [5.74, 6) is 0. The number of likely N-dealkylation sites (N-methyl/N-ethyl adjacent to an activating group) is 2. The Kier molecular flexibility index (Phi) is 9.98. The minimum Gasteiger partial charge on any atom is -0.373 e. The van der Waals surface area contributed by atoms with Gasteiger partial charge in [0.25, 0.3) is 0 Å². The summed E-state index contributed by atoms with van der Waals surface area (Å²) in [5, 5.41) is 1.59. The molecule has 3 aromatic rings. The maximum atomic E-state index is 6.59. The first kappa shape index (κ1) is 34.8. The van der Waals surface area contributed by atoms with Gasteiger partial charge in [-0.1, -0.05) is 112 Å². The van der Waals surface area contributed by atoms with E-state index < -0.39 is 0 Å². The van der Waals surface area contributed by atoms with E-state index in [1.165, 1.54) is 45.1 Å². The molecule has 0 aromatic heterocycles. The van der Waals surface area contributed by atoms with Gasteiger partial charge in [0.05, 0.1) is 0 Å². The molecule has 0 atom stereocenters. The van der Waals surface area contributed by atoms with E-state index in [0.717, 1.165) is 47.2 Å². The molecule has 252 valence electrons. The highest BCUT2D eigenvalue weighted by molar-refractivity contribution is 6.31. The molecule has 3 nitrogen and oxygen atoms in total. The van der Waals surface area contributed by atoms with Crippen molar-refractivity contribution in [2.75, 3.05) is 25.5 Å². The van der Waals surface area contributed by atoms with Gasteiger partial charge in [0.15, 0.2) is 0 Å². The standard InChI is InChI=1S/C44H48Cl2N3/c1-8-15-34(45)28-33-30-47(6)40(43(33,2)3)26-22-31-20-21-32(23-27-41-44(4,5)38-29-35(46)24-25-39(38)48(41)7)42(31)49(36-16-11-9-12-17-36)37-18-13-10-14-19-37/h9-19,22-29H,8,20-21,30H2,1-7H3/q+1/b33-28+,34-15+. The van der Waals surface area contributed by atoms with Crippen LogP contribution in [0.5, 0.6) is 0 Å². The van der Waals surface area contributed by atoms with Crippen LogP contribution >= 0.6 is 23.2 Å². The van der Waals surface area contributed by atoms with Crippen molar-refractivity contribution in [3.63, 3.8) is 0 Å². The summed E-state index contributed by atoms with van der Waals surface area (Å²) in [5.41, 5.74) is 12.2. The van der Waals surface area contributed by atoms with E-state index in [0.29, 0.717) is 0 Å². The van der Waals surface area contributed by atoms with Crippen LogP contribution in [0, 0.1) is 5.41 Å². The van der Waals surface area contributed by atoms with Gasteiger partial charge in [-0.15, -0.1) is 0 Å². The van der Waals surface area contributed by atoms with Gasteiger partial charge in [0.2, 0.25) is 17.1 Å². The summed E-state index contributed by atoms with van der Waals surface area (Å²) in [6.45, 7) is 12.2. The van der Waals surface area contributed by atoms with Crippen LogP contribution in [0.4, 0.5) is 17.1 Å². The van der Waals surface area contributed by atoms with E-state index in [4.69, 9.17) is 23.2 Å². The Morgan fingerprint density at radius 1 is 0.776 bits per heavy atom. The van der Waals surface area contributed by atoms with Crippen molar-refractivity contribution in [1.82, 2.24) is 9.48 Å². The first-order chi connectivity index (χ1) is 23.4. The first-order valence-corrected chi connectivity index (χ1v) is 18.1. The summed E-state index contributed by atoms with van der Waals surface area (Å²) >= 11 is 13.1. The number of hydrogen-bond acceptors (Lipinski definition) is 2. The maximum Gasteiger partial charge on any atom is 0.218 e. The number of rotatable bonds is 6. The third-order valence-electron chi connectivity index (χ3n) is 10.4. The summed E-state index contributed by atoms with van der Waals surface area (Å²) in [6.07, 6.45) is 16.5. The maximum absolute atomic E-state index is 6.59. The number of hydrogen-bond donors (Lipinski definition) is 0. The highest BCUT2D eigenvalue weighted by Crippen LogP contribution is 2.48. The van der Waals surface area contributed by atoms with Crippen LogP contribution < -0.4 is 9.48 Å². The zero-order valence-corrected chi connectivity index (χ0v) is 31.4. The molecule has 1 saturated heterocycles. The second kappa shape index (κ2) is 14.1. The fraction of sp³-hybridized carbons (Fsp3) is 0.295. The lowest BCUT2D eigenvalue weighted by Crippen LogP contribution is -2.23. The number of para-hydroxylation sites is 2. The molecule has 2 aliphatic heterocycles. The molecule has 6 rings (SSSR count). The lowest BCUT2D eigenvalue weighted by atomic mass is 9.83. The largest absolute Gasteiger partial charge is 0.373 e. The fourth-order valence-corrected chi connectivity index (χ4v) is 8.17. The van der Waals surface area contributed by atoms with Gasteiger partial charge in [0, 0.05) is 94.0 Å². The van der Waals surface area contributed by atoms with Crippen LogP contribution in [0.3, 0.4) is 0 Å². The van der Waals surface area contributed by atoms with E-state index in [9.17, 15) is 0 Å². The monoisotopic (exact) mass is 688 g/mol. The zero-order valence-electron chi connectivity index (χ0n) is 29.9. The van der Waals surface area contributed by atoms with E-state index in [-0.39, 0.29) is 10.8 Å². The molecule has 0 radical (unpaired) electrons. The molecule has 2 fully saturated rings. The van der Waals surface area contributed by atoms with Crippen LogP contribution in [0.25, 0.3) is 0 Å². The third kappa shape index (κ3) is 6.76. The topological polar surface area (TPSA) is 9.49 Å². The third-order valence-corrected chi connectivity index (χ3v) is 10.9. The normalized spacial score (nSPS) is 22.8. The molecule has 1 aliphatic carbocycles. The van der Waals surface area contributed by atoms with Crippen molar-refractivity contribution in [3.8, 4) is 0 Å². The number of likely N-dealkylation sites (tertiary alicyclic amines) is 1. The van der Waals surface area contributed by atoms with Crippen LogP contribution in [0.1, 0.15) is 59.4 Å². The Morgan fingerprint density at radius 3 is 1.92 bits per heavy atom. The number of benzene rings is 3. The first-order valence-electron chi connectivity index (χ1n) is 17.4. The zero-order chi connectivity index (χ0) is 34.9. The molecule has 2 heterocycles. The predicted molar refractivity (Wildman–Crippen MR) is 213 cm³/mol. The van der Waals surface area contributed by atoms with E-state index in [1.807, 2.05) is 6.07 Å². The van der Waals surface area contributed by atoms with Gasteiger partial charge in [-0.05, 0) is 66.8 Å². The Balaban J connectivity index is 1.52. The summed E-state index contributed by atoms with van der Waals surface area (Å²) in [4.78, 5) is 4.68. The summed E-state index contributed by atoms with van der Waals surface area (Å²) < 4.78 is 2.43. The highest BCUT2D eigenvalue weighted by Gasteiger charge is 2.40. The van der Waals surface area contributed by atoms with Gasteiger partial charge in [-0.25, -0.2) is 0 Å². The van der Waals surface area contributed by atoms with Crippen molar-refractivity contribution in [2.24, 2.45) is 5.41 Å². The molecule has 0 spiro atoms. The Hall–Kier alpha value is -4.05. The van der Waals surface area contributed by atoms with Gasteiger partial charge < -0.3 is 9.80 Å². The fourth-order valence-electron chi connectivity index (χ4n) is 7.72. The molecular weight excluding hydrogens is 641 g/mol. The molecule has 3 aliphatic rings. The SMILES string of the molecule is CC/C=C(Cl)\C=C1/CN(C)C(=CC=C2CC/C(=C/C=C3N(C)c4ccc(Cl)cc4C3(C)C)C2=[N+](c2ccccc2)c2ccccc2)C1(C)C. The molecule has 5 heteroatoms. The van der Waals surface area contributed by atoms with Crippen LogP contribution in [-0.4, -0.2) is 31.3 Å². The van der Waals surface area contributed by atoms with Crippen molar-refractivity contribution < 1.29 is 0 Å². The van der Waals surface area contributed by atoms with Crippen molar-refractivity contribution in [2.45, 2.75) is 59.3 Å². The lowest BCUT2D eigenvalue weighted by molar-refractivity contribution is 0.443. The molecule has 0 amide bonds. The quantitative estimate of drug-likeness (QED) is 0.238. The Labute approximate surface area is 303 Å². The summed E-state index contributed by atoms with van der Waals surface area (Å²) in [7, 11) is 4.35. The van der Waals surface area contributed by atoms with Crippen LogP contribution in [0.15, 0.2) is 148 Å². The van der Waals surface area contributed by atoms with Gasteiger partial charge in [-0.2, -0.15) is 4.58 Å². The number of halogens is 2. The molecule has 1 saturated carbocycles. The smallest absolute Gasteiger partial charge is 0.218 e. The summed E-state index contributed by atoms with van der Waals surface area (Å²) in [6, 6.07) is 27.7. The number of fused-ring (bicyclic) bond motifs is 1. The average Bonchev–Trinajstić information content (AvgIpc) is 3.62. The predicted octanol–water partition coefficient (Wildman–Crippen LogP) is 11.9. The lowest BCUT2D eigenvalue weighted by Gasteiger charge is -2.24. The van der Waals surface area contributed by atoms with Crippen molar-refractivity contribution in [3.05, 3.63) is 159 Å². The number of allylic oxidation sites excluding steroid dienone is 11. The van der Waals surface area contributed by atoms with Crippen LogP contribution in [-0.2, 0) is 5.41 Å². The van der Waals surface area contributed by atoms with Gasteiger partial charge in [-0.3, -0.25) is 0 Å². The molecule has 49 heavy (non-hydrogen) atoms. The Morgan fingerprint density at radius 2 is 1.35 bits per heavy atom. The highest BCUT2D eigenvalue weighted by atomic mass is 35.5. The van der Waals surface area contributed by atoms with Crippen molar-refractivity contribution >= 4 is 46.0 Å². The molecule has 0 unspecified atom stereocenters. The Bertz CT molecular complexity index is 1910. The van der Waals surface area contributed by atoms with Gasteiger partial charge in [0.1, 0.15) is 0 Å². The molecule has 0 N–H and O–H groups in total. The second-order valence-electron chi connectivity index (χ2n) is 14.3. The minimum atomic E-state index is -0.175. The van der Waals surface area contributed by atoms with E-state index in [1.54, 1.807) is 0 Å². The molecule has 3 aromatic carbocycles.